The summed E-state index contributed by atoms with van der Waals surface area (Å²) in [6, 6.07) is 0. The van der Waals surface area contributed by atoms with Gasteiger partial charge < -0.3 is 9.84 Å². The lowest BCUT2D eigenvalue weighted by Crippen LogP contribution is -2.15. The van der Waals surface area contributed by atoms with E-state index in [0.717, 1.165) is 25.9 Å². The van der Waals surface area contributed by atoms with Gasteiger partial charge in [-0.25, -0.2) is 0 Å². The molecule has 0 radical (unpaired) electrons. The van der Waals surface area contributed by atoms with E-state index in [1.165, 1.54) is 0 Å². The third-order valence-corrected chi connectivity index (χ3v) is 1.83. The summed E-state index contributed by atoms with van der Waals surface area (Å²) in [5, 5.41) is 8.59. The van der Waals surface area contributed by atoms with Crippen LogP contribution in [-0.2, 0) is 4.74 Å². The van der Waals surface area contributed by atoms with E-state index in [1.54, 1.807) is 0 Å². The van der Waals surface area contributed by atoms with Crippen molar-refractivity contribution in [3.8, 4) is 0 Å². The van der Waals surface area contributed by atoms with Crippen LogP contribution in [0.2, 0.25) is 0 Å². The zero-order valence-electron chi connectivity index (χ0n) is 5.89. The Labute approximate surface area is 55.8 Å². The number of hydrogen-bond donors (Lipinski definition) is 1. The molecular weight excluding hydrogens is 116 g/mol. The second kappa shape index (κ2) is 2.67. The standard InChI is InChI=1S/C7H14O2/c1-2-9-7(3-4-7)5-6-8/h8H,2-6H2,1H3. The Morgan fingerprint density at radius 1 is 1.56 bits per heavy atom. The van der Waals surface area contributed by atoms with Crippen LogP contribution in [0.25, 0.3) is 0 Å². The molecule has 54 valence electrons. The van der Waals surface area contributed by atoms with Crippen molar-refractivity contribution in [1.29, 1.82) is 0 Å². The Kier molecular flexibility index (Phi) is 2.09. The van der Waals surface area contributed by atoms with Crippen LogP contribution in [0.3, 0.4) is 0 Å². The van der Waals surface area contributed by atoms with Crippen LogP contribution in [0.5, 0.6) is 0 Å². The number of rotatable bonds is 4. The highest BCUT2D eigenvalue weighted by Crippen LogP contribution is 2.42. The van der Waals surface area contributed by atoms with Gasteiger partial charge in [0.1, 0.15) is 0 Å². The molecule has 2 nitrogen and oxygen atoms in total. The van der Waals surface area contributed by atoms with Crippen LogP contribution in [0, 0.1) is 0 Å². The van der Waals surface area contributed by atoms with Gasteiger partial charge in [-0.2, -0.15) is 0 Å². The van der Waals surface area contributed by atoms with E-state index in [-0.39, 0.29) is 12.2 Å². The normalized spacial score (nSPS) is 22.0. The predicted molar refractivity (Wildman–Crippen MR) is 35.3 cm³/mol. The molecule has 0 unspecified atom stereocenters. The predicted octanol–water partition coefficient (Wildman–Crippen LogP) is 0.938. The van der Waals surface area contributed by atoms with E-state index in [4.69, 9.17) is 9.84 Å². The highest BCUT2D eigenvalue weighted by molar-refractivity contribution is 4.95. The highest BCUT2D eigenvalue weighted by atomic mass is 16.5. The Balaban J connectivity index is 2.17. The molecular formula is C7H14O2. The lowest BCUT2D eigenvalue weighted by molar-refractivity contribution is 0.0236. The molecule has 0 heterocycles. The van der Waals surface area contributed by atoms with Gasteiger partial charge in [0.2, 0.25) is 0 Å². The summed E-state index contributed by atoms with van der Waals surface area (Å²) >= 11 is 0. The topological polar surface area (TPSA) is 29.5 Å². The van der Waals surface area contributed by atoms with E-state index in [9.17, 15) is 0 Å². The maximum atomic E-state index is 8.59. The second-order valence-corrected chi connectivity index (χ2v) is 2.59. The smallest absolute Gasteiger partial charge is 0.0706 e. The van der Waals surface area contributed by atoms with E-state index in [0.29, 0.717) is 0 Å². The first-order valence-corrected chi connectivity index (χ1v) is 3.58. The summed E-state index contributed by atoms with van der Waals surface area (Å²) in [6.07, 6.45) is 3.10. The first kappa shape index (κ1) is 7.03. The van der Waals surface area contributed by atoms with Crippen LogP contribution in [0.1, 0.15) is 26.2 Å². The van der Waals surface area contributed by atoms with E-state index >= 15 is 0 Å². The van der Waals surface area contributed by atoms with Crippen molar-refractivity contribution in [3.63, 3.8) is 0 Å². The molecule has 1 aliphatic rings. The number of aliphatic hydroxyl groups is 1. The third kappa shape index (κ3) is 1.66. The highest BCUT2D eigenvalue weighted by Gasteiger charge is 2.42. The fraction of sp³-hybridized carbons (Fsp3) is 1.00. The van der Waals surface area contributed by atoms with Gasteiger partial charge in [0.05, 0.1) is 5.60 Å². The molecule has 1 aliphatic carbocycles. The second-order valence-electron chi connectivity index (χ2n) is 2.59. The van der Waals surface area contributed by atoms with Crippen molar-refractivity contribution in [1.82, 2.24) is 0 Å². The van der Waals surface area contributed by atoms with Gasteiger partial charge in [-0.3, -0.25) is 0 Å². The average molecular weight is 130 g/mol. The van der Waals surface area contributed by atoms with Gasteiger partial charge in [0, 0.05) is 13.2 Å². The van der Waals surface area contributed by atoms with Gasteiger partial charge in [0.15, 0.2) is 0 Å². The van der Waals surface area contributed by atoms with Gasteiger partial charge in [0.25, 0.3) is 0 Å². The van der Waals surface area contributed by atoms with Crippen LogP contribution < -0.4 is 0 Å². The molecule has 0 spiro atoms. The Bertz CT molecular complexity index is 78.9. The molecule has 1 fully saturated rings. The van der Waals surface area contributed by atoms with Gasteiger partial charge in [-0.15, -0.1) is 0 Å². The third-order valence-electron chi connectivity index (χ3n) is 1.83. The summed E-state index contributed by atoms with van der Waals surface area (Å²) in [6.45, 7) is 3.04. The van der Waals surface area contributed by atoms with Gasteiger partial charge >= 0.3 is 0 Å². The molecule has 0 saturated heterocycles. The first-order chi connectivity index (χ1) is 4.33. The average Bonchev–Trinajstić information content (AvgIpc) is 2.51. The fourth-order valence-electron chi connectivity index (χ4n) is 1.12. The number of hydrogen-bond acceptors (Lipinski definition) is 2. The Morgan fingerprint density at radius 3 is 2.56 bits per heavy atom. The zero-order valence-corrected chi connectivity index (χ0v) is 5.89. The molecule has 1 rings (SSSR count). The van der Waals surface area contributed by atoms with Gasteiger partial charge in [-0.05, 0) is 26.2 Å². The molecule has 9 heavy (non-hydrogen) atoms. The van der Waals surface area contributed by atoms with Crippen molar-refractivity contribution < 1.29 is 9.84 Å². The van der Waals surface area contributed by atoms with Crippen molar-refractivity contribution in [2.75, 3.05) is 13.2 Å². The molecule has 0 aromatic rings. The molecule has 0 aliphatic heterocycles. The summed E-state index contributed by atoms with van der Waals surface area (Å²) in [5.74, 6) is 0. The van der Waals surface area contributed by atoms with E-state index < -0.39 is 0 Å². The van der Waals surface area contributed by atoms with E-state index in [2.05, 4.69) is 0 Å². The molecule has 0 amide bonds. The van der Waals surface area contributed by atoms with Crippen molar-refractivity contribution in [3.05, 3.63) is 0 Å². The van der Waals surface area contributed by atoms with Crippen LogP contribution in [0.15, 0.2) is 0 Å². The quantitative estimate of drug-likeness (QED) is 0.613. The first-order valence-electron chi connectivity index (χ1n) is 3.58. The largest absolute Gasteiger partial charge is 0.396 e. The van der Waals surface area contributed by atoms with Crippen molar-refractivity contribution >= 4 is 0 Å². The molecule has 1 N–H and O–H groups in total. The zero-order chi connectivity index (χ0) is 6.74. The molecule has 0 atom stereocenters. The fourth-order valence-corrected chi connectivity index (χ4v) is 1.12. The number of ether oxygens (including phenoxy) is 1. The lowest BCUT2D eigenvalue weighted by Gasteiger charge is -2.12. The summed E-state index contributed by atoms with van der Waals surface area (Å²) < 4.78 is 5.42. The minimum atomic E-state index is 0.101. The monoisotopic (exact) mass is 130 g/mol. The van der Waals surface area contributed by atoms with Crippen LogP contribution >= 0.6 is 0 Å². The molecule has 0 aromatic carbocycles. The van der Waals surface area contributed by atoms with Crippen molar-refractivity contribution in [2.24, 2.45) is 0 Å². The molecule has 2 heteroatoms. The Hall–Kier alpha value is -0.0800. The minimum Gasteiger partial charge on any atom is -0.396 e. The number of aliphatic hydroxyl groups excluding tert-OH is 1. The van der Waals surface area contributed by atoms with Crippen LogP contribution in [0.4, 0.5) is 0 Å². The van der Waals surface area contributed by atoms with Gasteiger partial charge in [-0.1, -0.05) is 0 Å². The Morgan fingerprint density at radius 2 is 2.22 bits per heavy atom. The van der Waals surface area contributed by atoms with Crippen LogP contribution in [-0.4, -0.2) is 23.9 Å². The van der Waals surface area contributed by atoms with E-state index in [1.807, 2.05) is 6.92 Å². The minimum absolute atomic E-state index is 0.101. The molecule has 0 aromatic heterocycles. The molecule has 0 bridgehead atoms. The van der Waals surface area contributed by atoms with Crippen molar-refractivity contribution in [2.45, 2.75) is 31.8 Å². The summed E-state index contributed by atoms with van der Waals surface area (Å²) in [5.41, 5.74) is 0.101. The lowest BCUT2D eigenvalue weighted by atomic mass is 10.2. The molecule has 1 saturated carbocycles. The maximum absolute atomic E-state index is 8.59. The summed E-state index contributed by atoms with van der Waals surface area (Å²) in [7, 11) is 0. The SMILES string of the molecule is CCOC1(CCO)CC1. The maximum Gasteiger partial charge on any atom is 0.0706 e. The summed E-state index contributed by atoms with van der Waals surface area (Å²) in [4.78, 5) is 0.